The van der Waals surface area contributed by atoms with Crippen molar-refractivity contribution in [2.24, 2.45) is 17.8 Å². The van der Waals surface area contributed by atoms with Crippen LogP contribution in [-0.4, -0.2) is 24.1 Å². The molecule has 3 aliphatic rings. The normalized spacial score (nSPS) is 21.8. The zero-order valence-electron chi connectivity index (χ0n) is 15.2. The highest BCUT2D eigenvalue weighted by Crippen LogP contribution is 2.41. The summed E-state index contributed by atoms with van der Waals surface area (Å²) in [5.74, 6) is 1.21. The maximum absolute atomic E-state index is 12.9. The first-order valence-corrected chi connectivity index (χ1v) is 10.6. The van der Waals surface area contributed by atoms with Gasteiger partial charge in [-0.15, -0.1) is 11.3 Å². The molecule has 1 aromatic rings. The minimum Gasteiger partial charge on any atom is -0.352 e. The number of carbonyl (C=O) groups excluding carboxylic acids is 3. The molecule has 3 aliphatic carbocycles. The molecule has 2 fully saturated rings. The zero-order valence-corrected chi connectivity index (χ0v) is 16.0. The Hall–Kier alpha value is -1.69. The third kappa shape index (κ3) is 4.00. The minimum absolute atomic E-state index is 0.0418. The number of ketones is 1. The van der Waals surface area contributed by atoms with Gasteiger partial charge in [0.1, 0.15) is 10.8 Å². The molecule has 1 atom stereocenters. The average Bonchev–Trinajstić information content (AvgIpc) is 3.49. The van der Waals surface area contributed by atoms with Crippen LogP contribution in [0.5, 0.6) is 0 Å². The number of thiophene rings is 1. The fraction of sp³-hybridized carbons (Fsp3) is 0.650. The van der Waals surface area contributed by atoms with E-state index in [1.807, 2.05) is 0 Å². The second kappa shape index (κ2) is 7.14. The number of amides is 2. The van der Waals surface area contributed by atoms with Crippen LogP contribution in [0.1, 0.15) is 66.2 Å². The van der Waals surface area contributed by atoms with Crippen LogP contribution in [0.4, 0.5) is 5.00 Å². The molecule has 5 nitrogen and oxygen atoms in total. The maximum atomic E-state index is 12.9. The van der Waals surface area contributed by atoms with E-state index in [-0.39, 0.29) is 23.5 Å². The second-order valence-electron chi connectivity index (χ2n) is 8.14. The molecule has 0 saturated heterocycles. The number of Topliss-reactive ketones (excluding diaryl/α,β-unsaturated/α-hetero) is 1. The van der Waals surface area contributed by atoms with Gasteiger partial charge in [0.2, 0.25) is 5.91 Å². The Labute approximate surface area is 157 Å². The Kier molecular flexibility index (Phi) is 4.86. The Balaban J connectivity index is 1.58. The molecule has 2 saturated carbocycles. The van der Waals surface area contributed by atoms with Crippen LogP contribution < -0.4 is 10.6 Å². The molecule has 0 aliphatic heterocycles. The highest BCUT2D eigenvalue weighted by molar-refractivity contribution is 7.17. The number of hydrogen-bond acceptors (Lipinski definition) is 4. The number of aryl methyl sites for hydroxylation is 1. The highest BCUT2D eigenvalue weighted by Gasteiger charge is 2.34. The Bertz CT molecular complexity index is 746. The summed E-state index contributed by atoms with van der Waals surface area (Å²) in [5, 5.41) is 6.79. The Morgan fingerprint density at radius 3 is 2.50 bits per heavy atom. The van der Waals surface area contributed by atoms with Crippen molar-refractivity contribution < 1.29 is 14.4 Å². The molecule has 26 heavy (non-hydrogen) atoms. The SMILES string of the molecule is CC(=O)CC1CCc2sc(NC(=O)C3CC3)c(C(=O)NCC3CC3)c2C1. The van der Waals surface area contributed by atoms with Crippen LogP contribution in [0.2, 0.25) is 0 Å². The summed E-state index contributed by atoms with van der Waals surface area (Å²) < 4.78 is 0. The second-order valence-corrected chi connectivity index (χ2v) is 9.24. The van der Waals surface area contributed by atoms with Gasteiger partial charge in [0.25, 0.3) is 5.91 Å². The number of carbonyl (C=O) groups is 3. The van der Waals surface area contributed by atoms with Gasteiger partial charge in [-0.1, -0.05) is 0 Å². The quantitative estimate of drug-likeness (QED) is 0.769. The monoisotopic (exact) mass is 374 g/mol. The Morgan fingerprint density at radius 2 is 1.85 bits per heavy atom. The van der Waals surface area contributed by atoms with Crippen LogP contribution in [0, 0.1) is 17.8 Å². The van der Waals surface area contributed by atoms with Crippen LogP contribution >= 0.6 is 11.3 Å². The molecular formula is C20H26N2O3S. The molecule has 2 N–H and O–H groups in total. The molecule has 1 heterocycles. The number of nitrogens with one attached hydrogen (secondary N) is 2. The molecular weight excluding hydrogens is 348 g/mol. The molecule has 2 amide bonds. The molecule has 0 spiro atoms. The summed E-state index contributed by atoms with van der Waals surface area (Å²) in [5.41, 5.74) is 1.72. The molecule has 4 rings (SSSR count). The molecule has 1 aromatic heterocycles. The lowest BCUT2D eigenvalue weighted by Crippen LogP contribution is -2.28. The fourth-order valence-corrected chi connectivity index (χ4v) is 5.02. The van der Waals surface area contributed by atoms with Gasteiger partial charge in [0.15, 0.2) is 0 Å². The van der Waals surface area contributed by atoms with Crippen molar-refractivity contribution in [3.05, 3.63) is 16.0 Å². The molecule has 0 radical (unpaired) electrons. The zero-order chi connectivity index (χ0) is 18.3. The van der Waals surface area contributed by atoms with Crippen molar-refractivity contribution in [3.8, 4) is 0 Å². The van der Waals surface area contributed by atoms with E-state index in [1.54, 1.807) is 18.3 Å². The van der Waals surface area contributed by atoms with Gasteiger partial charge in [-0.2, -0.15) is 0 Å². The van der Waals surface area contributed by atoms with Gasteiger partial charge < -0.3 is 15.4 Å². The predicted molar refractivity (Wildman–Crippen MR) is 102 cm³/mol. The summed E-state index contributed by atoms with van der Waals surface area (Å²) in [4.78, 5) is 37.9. The van der Waals surface area contributed by atoms with E-state index in [0.717, 1.165) is 44.2 Å². The van der Waals surface area contributed by atoms with Gasteiger partial charge in [0, 0.05) is 23.8 Å². The van der Waals surface area contributed by atoms with Gasteiger partial charge in [-0.3, -0.25) is 9.59 Å². The first kappa shape index (κ1) is 17.7. The van der Waals surface area contributed by atoms with Gasteiger partial charge >= 0.3 is 0 Å². The topological polar surface area (TPSA) is 75.3 Å². The summed E-state index contributed by atoms with van der Waals surface area (Å²) in [6.45, 7) is 2.35. The van der Waals surface area contributed by atoms with Crippen molar-refractivity contribution in [1.29, 1.82) is 0 Å². The van der Waals surface area contributed by atoms with Gasteiger partial charge in [-0.05, 0) is 69.3 Å². The first-order chi connectivity index (χ1) is 12.5. The first-order valence-electron chi connectivity index (χ1n) is 9.74. The van der Waals surface area contributed by atoms with Gasteiger partial charge in [0.05, 0.1) is 5.56 Å². The van der Waals surface area contributed by atoms with E-state index in [2.05, 4.69) is 10.6 Å². The van der Waals surface area contributed by atoms with Crippen molar-refractivity contribution in [2.75, 3.05) is 11.9 Å². The number of anilines is 1. The summed E-state index contributed by atoms with van der Waals surface area (Å²) in [6, 6.07) is 0. The van der Waals surface area contributed by atoms with E-state index in [9.17, 15) is 14.4 Å². The van der Waals surface area contributed by atoms with E-state index in [0.29, 0.717) is 28.8 Å². The lowest BCUT2D eigenvalue weighted by Gasteiger charge is -2.22. The molecule has 0 bridgehead atoms. The van der Waals surface area contributed by atoms with Crippen molar-refractivity contribution in [2.45, 2.75) is 58.3 Å². The van der Waals surface area contributed by atoms with Crippen molar-refractivity contribution in [3.63, 3.8) is 0 Å². The average molecular weight is 375 g/mol. The number of hydrogen-bond donors (Lipinski definition) is 2. The largest absolute Gasteiger partial charge is 0.352 e. The van der Waals surface area contributed by atoms with E-state index < -0.39 is 0 Å². The number of rotatable bonds is 7. The van der Waals surface area contributed by atoms with Crippen LogP contribution in [-0.2, 0) is 22.4 Å². The smallest absolute Gasteiger partial charge is 0.254 e. The van der Waals surface area contributed by atoms with Crippen molar-refractivity contribution in [1.82, 2.24) is 5.32 Å². The lowest BCUT2D eigenvalue weighted by atomic mass is 9.83. The van der Waals surface area contributed by atoms with Crippen molar-refractivity contribution >= 4 is 33.9 Å². The highest BCUT2D eigenvalue weighted by atomic mass is 32.1. The third-order valence-corrected chi connectivity index (χ3v) is 6.81. The van der Waals surface area contributed by atoms with E-state index in [1.165, 1.54) is 17.7 Å². The van der Waals surface area contributed by atoms with Crippen LogP contribution in [0.3, 0.4) is 0 Å². The van der Waals surface area contributed by atoms with Crippen LogP contribution in [0.25, 0.3) is 0 Å². The van der Waals surface area contributed by atoms with Crippen LogP contribution in [0.15, 0.2) is 0 Å². The minimum atomic E-state index is -0.0658. The maximum Gasteiger partial charge on any atom is 0.254 e. The molecule has 140 valence electrons. The summed E-state index contributed by atoms with van der Waals surface area (Å²) >= 11 is 1.56. The standard InChI is InChI=1S/C20H26N2O3S/c1-11(23)8-13-4-7-16-15(9-13)17(19(25)21-10-12-2-3-12)20(26-16)22-18(24)14-5-6-14/h12-14H,2-10H2,1H3,(H,21,25)(H,22,24). The predicted octanol–water partition coefficient (Wildman–Crippen LogP) is 3.32. The van der Waals surface area contributed by atoms with Gasteiger partial charge in [-0.25, -0.2) is 0 Å². The molecule has 6 heteroatoms. The van der Waals surface area contributed by atoms with E-state index >= 15 is 0 Å². The third-order valence-electron chi connectivity index (χ3n) is 5.60. The summed E-state index contributed by atoms with van der Waals surface area (Å²) in [6.07, 6.45) is 7.47. The molecule has 1 unspecified atom stereocenters. The number of fused-ring (bicyclic) bond motifs is 1. The lowest BCUT2D eigenvalue weighted by molar-refractivity contribution is -0.118. The van der Waals surface area contributed by atoms with E-state index in [4.69, 9.17) is 0 Å². The fourth-order valence-electron chi connectivity index (χ4n) is 3.77. The summed E-state index contributed by atoms with van der Waals surface area (Å²) in [7, 11) is 0. The molecule has 0 aromatic carbocycles. The Morgan fingerprint density at radius 1 is 1.08 bits per heavy atom.